The van der Waals surface area contributed by atoms with Crippen LogP contribution in [0.3, 0.4) is 0 Å². The van der Waals surface area contributed by atoms with Gasteiger partial charge >= 0.3 is 0 Å². The smallest absolute Gasteiger partial charge is 0.241 e. The molecule has 5 aromatic carbocycles. The van der Waals surface area contributed by atoms with Crippen LogP contribution in [0.4, 0.5) is 0 Å². The van der Waals surface area contributed by atoms with Gasteiger partial charge < -0.3 is 5.32 Å². The van der Waals surface area contributed by atoms with Crippen molar-refractivity contribution in [2.45, 2.75) is 32.1 Å². The molecule has 5 heteroatoms. The highest BCUT2D eigenvalue weighted by Gasteiger charge is 2.22. The highest BCUT2D eigenvalue weighted by molar-refractivity contribution is 7.89. The van der Waals surface area contributed by atoms with E-state index in [1.807, 2.05) is 37.3 Å². The van der Waals surface area contributed by atoms with E-state index in [9.17, 15) is 8.42 Å². The quantitative estimate of drug-likeness (QED) is 0.247. The van der Waals surface area contributed by atoms with Crippen LogP contribution in [0.2, 0.25) is 0 Å². The first kappa shape index (κ1) is 22.5. The molecule has 0 saturated heterocycles. The average molecular weight is 447 g/mol. The maximum absolute atomic E-state index is 13.1. The van der Waals surface area contributed by atoms with Gasteiger partial charge in [0.1, 0.15) is 0 Å². The number of sulfonamides is 1. The SMILES string of the molecule is CCCNS(=O)(=O)c1ccc2cccc3c4cccc5cccc(c1c23)c54.CCNCC. The molecule has 0 saturated carbocycles. The molecule has 0 amide bonds. The first-order chi connectivity index (χ1) is 15.5. The van der Waals surface area contributed by atoms with E-state index in [0.29, 0.717) is 11.4 Å². The molecule has 5 aromatic rings. The molecule has 0 heterocycles. The summed E-state index contributed by atoms with van der Waals surface area (Å²) in [6.07, 6.45) is 0.756. The summed E-state index contributed by atoms with van der Waals surface area (Å²) >= 11 is 0. The van der Waals surface area contributed by atoms with Crippen LogP contribution in [0, 0.1) is 0 Å². The molecule has 0 aliphatic carbocycles. The molecular formula is C27H30N2O2S. The van der Waals surface area contributed by atoms with Crippen molar-refractivity contribution in [1.29, 1.82) is 0 Å². The fraction of sp³-hybridized carbons (Fsp3) is 0.259. The van der Waals surface area contributed by atoms with Crippen molar-refractivity contribution in [2.24, 2.45) is 0 Å². The number of nitrogens with one attached hydrogen (secondary N) is 2. The van der Waals surface area contributed by atoms with E-state index >= 15 is 0 Å². The van der Waals surface area contributed by atoms with Crippen LogP contribution < -0.4 is 10.0 Å². The van der Waals surface area contributed by atoms with Gasteiger partial charge in [0.25, 0.3) is 0 Å². The Kier molecular flexibility index (Phi) is 6.60. The van der Waals surface area contributed by atoms with E-state index < -0.39 is 10.0 Å². The van der Waals surface area contributed by atoms with Gasteiger partial charge in [0, 0.05) is 11.9 Å². The maximum atomic E-state index is 13.1. The first-order valence-electron chi connectivity index (χ1n) is 11.3. The molecule has 0 radical (unpaired) electrons. The van der Waals surface area contributed by atoms with Crippen LogP contribution in [0.1, 0.15) is 27.2 Å². The zero-order valence-electron chi connectivity index (χ0n) is 18.9. The Morgan fingerprint density at radius 2 is 1.22 bits per heavy atom. The normalized spacial score (nSPS) is 12.0. The van der Waals surface area contributed by atoms with Gasteiger partial charge in [-0.15, -0.1) is 0 Å². The summed E-state index contributed by atoms with van der Waals surface area (Å²) in [6.45, 7) is 8.78. The molecule has 2 N–H and O–H groups in total. The summed E-state index contributed by atoms with van der Waals surface area (Å²) in [4.78, 5) is 0.359. The van der Waals surface area contributed by atoms with Crippen molar-refractivity contribution in [3.63, 3.8) is 0 Å². The summed E-state index contributed by atoms with van der Waals surface area (Å²) in [5, 5.41) is 11.5. The zero-order chi connectivity index (χ0) is 22.7. The van der Waals surface area contributed by atoms with Crippen LogP contribution in [0.15, 0.2) is 71.6 Å². The third-order valence-corrected chi connectivity index (χ3v) is 7.31. The van der Waals surface area contributed by atoms with Gasteiger partial charge in [0.2, 0.25) is 10.0 Å². The summed E-state index contributed by atoms with van der Waals surface area (Å²) in [7, 11) is -3.59. The van der Waals surface area contributed by atoms with Crippen molar-refractivity contribution >= 4 is 53.1 Å². The van der Waals surface area contributed by atoms with Gasteiger partial charge in [-0.2, -0.15) is 0 Å². The van der Waals surface area contributed by atoms with E-state index in [4.69, 9.17) is 0 Å². The van der Waals surface area contributed by atoms with E-state index in [-0.39, 0.29) is 0 Å². The molecule has 4 nitrogen and oxygen atoms in total. The fourth-order valence-electron chi connectivity index (χ4n) is 4.41. The Balaban J connectivity index is 0.000000444. The molecule has 0 aliphatic heterocycles. The largest absolute Gasteiger partial charge is 0.317 e. The van der Waals surface area contributed by atoms with Crippen molar-refractivity contribution in [1.82, 2.24) is 10.0 Å². The van der Waals surface area contributed by atoms with Crippen molar-refractivity contribution in [3.05, 3.63) is 66.7 Å². The third-order valence-electron chi connectivity index (χ3n) is 5.80. The average Bonchev–Trinajstić information content (AvgIpc) is 2.81. The molecule has 0 spiro atoms. The highest BCUT2D eigenvalue weighted by atomic mass is 32.2. The third kappa shape index (κ3) is 3.92. The lowest BCUT2D eigenvalue weighted by Gasteiger charge is -2.17. The second kappa shape index (κ2) is 9.41. The van der Waals surface area contributed by atoms with E-state index in [1.165, 1.54) is 0 Å². The van der Waals surface area contributed by atoms with E-state index in [1.54, 1.807) is 6.07 Å². The second-order valence-corrected chi connectivity index (χ2v) is 9.64. The molecule has 166 valence electrons. The molecule has 5 rings (SSSR count). The lowest BCUT2D eigenvalue weighted by atomic mass is 9.90. The Hall–Kier alpha value is -2.73. The lowest BCUT2D eigenvalue weighted by molar-refractivity contribution is 0.582. The molecule has 0 aromatic heterocycles. The van der Waals surface area contributed by atoms with Crippen LogP contribution in [0.5, 0.6) is 0 Å². The topological polar surface area (TPSA) is 58.2 Å². The number of hydrogen-bond acceptors (Lipinski definition) is 3. The monoisotopic (exact) mass is 446 g/mol. The standard InChI is InChI=1S/C23H19NO2S.C4H11N/c1-2-14-24-27(25,26)20-13-12-16-8-4-10-18-17-9-3-6-15-7-5-11-19(21(15)17)23(20)22(16)18;1-3-5-4-2/h3-13,24H,2,14H2,1H3;5H,3-4H2,1-2H3. The van der Waals surface area contributed by atoms with Gasteiger partial charge in [0.05, 0.1) is 4.90 Å². The van der Waals surface area contributed by atoms with Gasteiger partial charge in [-0.05, 0) is 63.3 Å². The van der Waals surface area contributed by atoms with Crippen LogP contribution in [-0.2, 0) is 10.0 Å². The Bertz CT molecular complexity index is 1470. The molecular weight excluding hydrogens is 416 g/mol. The second-order valence-electron chi connectivity index (χ2n) is 7.91. The van der Waals surface area contributed by atoms with Gasteiger partial charge in [-0.25, -0.2) is 13.1 Å². The molecule has 0 bridgehead atoms. The van der Waals surface area contributed by atoms with Crippen molar-refractivity contribution < 1.29 is 8.42 Å². The van der Waals surface area contributed by atoms with Crippen LogP contribution in [0.25, 0.3) is 43.1 Å². The Morgan fingerprint density at radius 1 is 0.656 bits per heavy atom. The number of rotatable bonds is 6. The van der Waals surface area contributed by atoms with Crippen LogP contribution in [-0.4, -0.2) is 28.1 Å². The predicted octanol–water partition coefficient (Wildman–Crippen LogP) is 6.04. The molecule has 32 heavy (non-hydrogen) atoms. The first-order valence-corrected chi connectivity index (χ1v) is 12.8. The highest BCUT2D eigenvalue weighted by Crippen LogP contribution is 2.42. The lowest BCUT2D eigenvalue weighted by Crippen LogP contribution is -2.24. The van der Waals surface area contributed by atoms with Crippen LogP contribution >= 0.6 is 0 Å². The van der Waals surface area contributed by atoms with Gasteiger partial charge in [-0.3, -0.25) is 0 Å². The molecule has 0 aliphatic rings. The predicted molar refractivity (Wildman–Crippen MR) is 137 cm³/mol. The number of fused-ring (bicyclic) bond motifs is 2. The van der Waals surface area contributed by atoms with E-state index in [0.717, 1.165) is 62.6 Å². The Labute approximate surface area is 190 Å². The fourth-order valence-corrected chi connectivity index (χ4v) is 5.77. The minimum atomic E-state index is -3.59. The Morgan fingerprint density at radius 3 is 1.78 bits per heavy atom. The van der Waals surface area contributed by atoms with E-state index in [2.05, 4.69) is 54.2 Å². The summed E-state index contributed by atoms with van der Waals surface area (Å²) in [5.41, 5.74) is 0. The van der Waals surface area contributed by atoms with Gasteiger partial charge in [-0.1, -0.05) is 81.4 Å². The molecule has 0 atom stereocenters. The maximum Gasteiger partial charge on any atom is 0.241 e. The molecule has 0 unspecified atom stereocenters. The summed E-state index contributed by atoms with van der Waals surface area (Å²) in [6, 6.07) is 22.2. The zero-order valence-corrected chi connectivity index (χ0v) is 19.7. The van der Waals surface area contributed by atoms with Crippen molar-refractivity contribution in [3.8, 4) is 0 Å². The number of benzene rings is 5. The summed E-state index contributed by atoms with van der Waals surface area (Å²) < 4.78 is 28.9. The minimum Gasteiger partial charge on any atom is -0.317 e. The minimum absolute atomic E-state index is 0.359. The van der Waals surface area contributed by atoms with Gasteiger partial charge in [0.15, 0.2) is 0 Å². The molecule has 0 fully saturated rings. The number of hydrogen-bond donors (Lipinski definition) is 2. The summed E-state index contributed by atoms with van der Waals surface area (Å²) in [5.74, 6) is 0. The van der Waals surface area contributed by atoms with Crippen molar-refractivity contribution in [2.75, 3.05) is 19.6 Å².